The molecule has 0 N–H and O–H groups in total. The van der Waals surface area contributed by atoms with Crippen LogP contribution in [0, 0.1) is 5.92 Å². The molecule has 0 bridgehead atoms. The first-order valence-electron chi connectivity index (χ1n) is 10.7. The van der Waals surface area contributed by atoms with E-state index in [9.17, 15) is 13.2 Å². The highest BCUT2D eigenvalue weighted by atomic mass is 32.2. The van der Waals surface area contributed by atoms with Gasteiger partial charge < -0.3 is 9.64 Å². The van der Waals surface area contributed by atoms with Gasteiger partial charge in [-0.15, -0.1) is 0 Å². The summed E-state index contributed by atoms with van der Waals surface area (Å²) in [6.45, 7) is 5.24. The van der Waals surface area contributed by atoms with Crippen molar-refractivity contribution in [2.45, 2.75) is 44.4 Å². The van der Waals surface area contributed by atoms with Crippen LogP contribution in [0.15, 0.2) is 47.4 Å². The van der Waals surface area contributed by atoms with Crippen LogP contribution in [0.2, 0.25) is 0 Å². The molecule has 1 aliphatic heterocycles. The Bertz CT molecular complexity index is 1030. The molecule has 1 saturated carbocycles. The minimum atomic E-state index is -3.71. The number of carbonyl (C=O) groups is 1. The molecule has 0 radical (unpaired) electrons. The molecule has 4 rings (SSSR count). The van der Waals surface area contributed by atoms with Gasteiger partial charge in [-0.3, -0.25) is 9.10 Å². The van der Waals surface area contributed by atoms with E-state index in [1.165, 1.54) is 4.31 Å². The number of ether oxygens (including phenoxy) is 1. The number of rotatable bonds is 7. The highest BCUT2D eigenvalue weighted by Gasteiger charge is 2.34. The van der Waals surface area contributed by atoms with Gasteiger partial charge >= 0.3 is 0 Å². The Balaban J connectivity index is 1.60. The first kappa shape index (κ1) is 20.7. The number of carbonyl (C=O) groups excluding carboxylic acids is 1. The third kappa shape index (κ3) is 3.67. The molecule has 6 nitrogen and oxygen atoms in total. The van der Waals surface area contributed by atoms with Crippen LogP contribution >= 0.6 is 0 Å². The Morgan fingerprint density at radius 2 is 1.87 bits per heavy atom. The molecule has 1 aliphatic carbocycles. The van der Waals surface area contributed by atoms with Crippen molar-refractivity contribution in [2.24, 2.45) is 5.92 Å². The lowest BCUT2D eigenvalue weighted by atomic mass is 9.84. The van der Waals surface area contributed by atoms with Crippen LogP contribution in [0.3, 0.4) is 0 Å². The maximum Gasteiger partial charge on any atom is 0.264 e. The zero-order valence-electron chi connectivity index (χ0n) is 17.5. The van der Waals surface area contributed by atoms with Gasteiger partial charge in [0.15, 0.2) is 0 Å². The second-order valence-electron chi connectivity index (χ2n) is 7.75. The van der Waals surface area contributed by atoms with Gasteiger partial charge in [0.05, 0.1) is 17.2 Å². The minimum Gasteiger partial charge on any atom is -0.494 e. The molecule has 30 heavy (non-hydrogen) atoms. The summed E-state index contributed by atoms with van der Waals surface area (Å²) >= 11 is 0. The molecule has 0 aromatic heterocycles. The normalized spacial score (nSPS) is 16.1. The van der Waals surface area contributed by atoms with Gasteiger partial charge in [0, 0.05) is 24.7 Å². The van der Waals surface area contributed by atoms with E-state index in [0.717, 1.165) is 30.5 Å². The fraction of sp³-hybridized carbons (Fsp3) is 0.435. The van der Waals surface area contributed by atoms with Gasteiger partial charge in [0.25, 0.3) is 10.0 Å². The van der Waals surface area contributed by atoms with Crippen LogP contribution in [0.1, 0.15) is 38.7 Å². The minimum absolute atomic E-state index is 0.134. The lowest BCUT2D eigenvalue weighted by Gasteiger charge is -2.29. The van der Waals surface area contributed by atoms with E-state index in [1.54, 1.807) is 42.5 Å². The van der Waals surface area contributed by atoms with E-state index in [1.807, 2.05) is 18.7 Å². The lowest BCUT2D eigenvalue weighted by Crippen LogP contribution is -2.37. The van der Waals surface area contributed by atoms with Gasteiger partial charge in [-0.25, -0.2) is 8.42 Å². The first-order valence-corrected chi connectivity index (χ1v) is 12.1. The van der Waals surface area contributed by atoms with Gasteiger partial charge in [-0.2, -0.15) is 0 Å². The summed E-state index contributed by atoms with van der Waals surface area (Å²) in [5.74, 6) is 1.03. The second-order valence-corrected chi connectivity index (χ2v) is 9.62. The summed E-state index contributed by atoms with van der Waals surface area (Å²) < 4.78 is 33.6. The maximum atomic E-state index is 13.4. The quantitative estimate of drug-likeness (QED) is 0.669. The van der Waals surface area contributed by atoms with E-state index >= 15 is 0 Å². The van der Waals surface area contributed by atoms with Crippen molar-refractivity contribution < 1.29 is 17.9 Å². The number of nitrogens with zero attached hydrogens (tertiary/aromatic N) is 2. The average Bonchev–Trinajstić information content (AvgIpc) is 3.12. The molecule has 160 valence electrons. The predicted octanol–water partition coefficient (Wildman–Crippen LogP) is 3.99. The average molecular weight is 429 g/mol. The summed E-state index contributed by atoms with van der Waals surface area (Å²) in [5.41, 5.74) is 2.38. The largest absolute Gasteiger partial charge is 0.494 e. The predicted molar refractivity (Wildman–Crippen MR) is 118 cm³/mol. The molecule has 1 heterocycles. The number of fused-ring (bicyclic) bond motifs is 1. The summed E-state index contributed by atoms with van der Waals surface area (Å²) in [5, 5.41) is 0. The number of anilines is 2. The summed E-state index contributed by atoms with van der Waals surface area (Å²) in [4.78, 5) is 14.8. The van der Waals surface area contributed by atoms with Crippen LogP contribution in [-0.4, -0.2) is 34.0 Å². The maximum absolute atomic E-state index is 13.4. The van der Waals surface area contributed by atoms with Crippen molar-refractivity contribution in [1.29, 1.82) is 0 Å². The SMILES string of the molecule is CCOc1ccc(N(CC)S(=O)(=O)c2ccc3c(c2)CCN3C(=O)C2CCC2)cc1. The topological polar surface area (TPSA) is 66.9 Å². The zero-order chi connectivity index (χ0) is 21.3. The molecule has 7 heteroatoms. The van der Waals surface area contributed by atoms with Crippen molar-refractivity contribution in [3.63, 3.8) is 0 Å². The van der Waals surface area contributed by atoms with Crippen LogP contribution in [-0.2, 0) is 21.2 Å². The van der Waals surface area contributed by atoms with E-state index in [-0.39, 0.29) is 16.7 Å². The number of hydrogen-bond donors (Lipinski definition) is 0. The highest BCUT2D eigenvalue weighted by Crippen LogP contribution is 2.36. The van der Waals surface area contributed by atoms with Crippen LogP contribution < -0.4 is 13.9 Å². The monoisotopic (exact) mass is 428 g/mol. The van der Waals surface area contributed by atoms with Crippen LogP contribution in [0.4, 0.5) is 11.4 Å². The summed E-state index contributed by atoms with van der Waals surface area (Å²) in [6, 6.07) is 12.2. The van der Waals surface area contributed by atoms with Gasteiger partial charge in [-0.05, 0) is 81.1 Å². The lowest BCUT2D eigenvalue weighted by molar-refractivity contribution is -0.124. The van der Waals surface area contributed by atoms with E-state index in [4.69, 9.17) is 4.74 Å². The molecule has 2 aliphatic rings. The van der Waals surface area contributed by atoms with Crippen molar-refractivity contribution in [3.8, 4) is 5.75 Å². The molecule has 1 fully saturated rings. The Morgan fingerprint density at radius 1 is 1.13 bits per heavy atom. The van der Waals surface area contributed by atoms with Crippen molar-refractivity contribution in [3.05, 3.63) is 48.0 Å². The third-order valence-electron chi connectivity index (χ3n) is 5.98. The molecule has 0 saturated heterocycles. The number of hydrogen-bond acceptors (Lipinski definition) is 4. The Kier molecular flexibility index (Phi) is 5.73. The molecular weight excluding hydrogens is 400 g/mol. The van der Waals surface area contributed by atoms with Crippen molar-refractivity contribution >= 4 is 27.3 Å². The van der Waals surface area contributed by atoms with Gasteiger partial charge in [0.1, 0.15) is 5.75 Å². The number of benzene rings is 2. The smallest absolute Gasteiger partial charge is 0.264 e. The Labute approximate surface area is 178 Å². The molecule has 1 amide bonds. The van der Waals surface area contributed by atoms with E-state index in [2.05, 4.69) is 0 Å². The molecule has 0 unspecified atom stereocenters. The summed E-state index contributed by atoms with van der Waals surface area (Å²) in [7, 11) is -3.71. The molecule has 2 aromatic rings. The second kappa shape index (κ2) is 8.30. The Hall–Kier alpha value is -2.54. The molecule has 0 atom stereocenters. The fourth-order valence-electron chi connectivity index (χ4n) is 4.14. The van der Waals surface area contributed by atoms with Crippen LogP contribution in [0.25, 0.3) is 0 Å². The first-order chi connectivity index (χ1) is 14.5. The standard InChI is InChI=1S/C23H28N2O4S/c1-3-25(19-8-10-20(11-9-19)29-4-2)30(27,28)21-12-13-22-18(16-21)14-15-24(22)23(26)17-6-5-7-17/h8-13,16-17H,3-7,14-15H2,1-2H3. The van der Waals surface area contributed by atoms with Gasteiger partial charge in [-0.1, -0.05) is 6.42 Å². The number of sulfonamides is 1. The van der Waals surface area contributed by atoms with E-state index < -0.39 is 10.0 Å². The van der Waals surface area contributed by atoms with Crippen LogP contribution in [0.5, 0.6) is 5.75 Å². The van der Waals surface area contributed by atoms with Crippen molar-refractivity contribution in [1.82, 2.24) is 0 Å². The van der Waals surface area contributed by atoms with Gasteiger partial charge in [0.2, 0.25) is 5.91 Å². The van der Waals surface area contributed by atoms with E-state index in [0.29, 0.717) is 37.6 Å². The third-order valence-corrected chi connectivity index (χ3v) is 7.88. The molecule has 2 aromatic carbocycles. The molecule has 0 spiro atoms. The zero-order valence-corrected chi connectivity index (χ0v) is 18.3. The number of amides is 1. The summed E-state index contributed by atoms with van der Waals surface area (Å²) in [6.07, 6.45) is 3.73. The fourth-order valence-corrected chi connectivity index (χ4v) is 5.66. The highest BCUT2D eigenvalue weighted by molar-refractivity contribution is 7.92. The Morgan fingerprint density at radius 3 is 2.47 bits per heavy atom. The van der Waals surface area contributed by atoms with Crippen molar-refractivity contribution in [2.75, 3.05) is 28.9 Å². The molecular formula is C23H28N2O4S.